The highest BCUT2D eigenvalue weighted by Crippen LogP contribution is 2.27. The fourth-order valence-electron chi connectivity index (χ4n) is 2.74. The van der Waals surface area contributed by atoms with E-state index in [-0.39, 0.29) is 0 Å². The van der Waals surface area contributed by atoms with Crippen LogP contribution in [0.5, 0.6) is 0 Å². The summed E-state index contributed by atoms with van der Waals surface area (Å²) in [6.07, 6.45) is 5.97. The molecular weight excluding hydrogens is 274 g/mol. The van der Waals surface area contributed by atoms with Gasteiger partial charge >= 0.3 is 0 Å². The molecule has 6 heteroatoms. The molecule has 0 aliphatic heterocycles. The van der Waals surface area contributed by atoms with Crippen LogP contribution in [0, 0.1) is 5.92 Å². The summed E-state index contributed by atoms with van der Waals surface area (Å²) in [5.74, 6) is 0.526. The van der Waals surface area contributed by atoms with E-state index in [9.17, 15) is 8.42 Å². The van der Waals surface area contributed by atoms with Gasteiger partial charge in [0.1, 0.15) is 0 Å². The van der Waals surface area contributed by atoms with Gasteiger partial charge in [-0.3, -0.25) is 4.72 Å². The predicted molar refractivity (Wildman–Crippen MR) is 83.3 cm³/mol. The fraction of sp³-hybridized carbons (Fsp3) is 0.571. The Morgan fingerprint density at radius 2 is 1.75 bits per heavy atom. The van der Waals surface area contributed by atoms with Gasteiger partial charge in [0, 0.05) is 17.4 Å². The number of rotatable bonds is 5. The molecule has 1 aromatic carbocycles. The summed E-state index contributed by atoms with van der Waals surface area (Å²) < 4.78 is 24.7. The highest BCUT2D eigenvalue weighted by Gasteiger charge is 2.23. The van der Waals surface area contributed by atoms with E-state index in [4.69, 9.17) is 5.73 Å². The highest BCUT2D eigenvalue weighted by molar-refractivity contribution is 7.92. The second-order valence-electron chi connectivity index (χ2n) is 5.48. The first-order chi connectivity index (χ1) is 9.48. The minimum Gasteiger partial charge on any atom is -0.382 e. The minimum absolute atomic E-state index is 0.419. The van der Waals surface area contributed by atoms with Crippen LogP contribution in [0.15, 0.2) is 24.3 Å². The third-order valence-corrected chi connectivity index (χ3v) is 4.36. The van der Waals surface area contributed by atoms with E-state index < -0.39 is 10.0 Å². The second kappa shape index (κ2) is 6.45. The molecule has 1 saturated carbocycles. The topological polar surface area (TPSA) is 84.2 Å². The van der Waals surface area contributed by atoms with Gasteiger partial charge in [0.15, 0.2) is 0 Å². The van der Waals surface area contributed by atoms with Crippen LogP contribution in [-0.2, 0) is 10.0 Å². The van der Waals surface area contributed by atoms with Gasteiger partial charge in [-0.2, -0.15) is 0 Å². The maximum Gasteiger partial charge on any atom is 0.229 e. The van der Waals surface area contributed by atoms with Crippen LogP contribution in [0.4, 0.5) is 11.4 Å². The van der Waals surface area contributed by atoms with Crippen LogP contribution in [0.2, 0.25) is 0 Å². The first-order valence-corrected chi connectivity index (χ1v) is 8.91. The molecule has 4 N–H and O–H groups in total. The molecule has 0 radical (unpaired) electrons. The van der Waals surface area contributed by atoms with Gasteiger partial charge in [-0.25, -0.2) is 8.42 Å². The second-order valence-corrected chi connectivity index (χ2v) is 7.23. The van der Waals surface area contributed by atoms with Gasteiger partial charge in [-0.15, -0.1) is 0 Å². The Morgan fingerprint density at radius 3 is 2.35 bits per heavy atom. The third kappa shape index (κ3) is 4.38. The van der Waals surface area contributed by atoms with Gasteiger partial charge in [0.2, 0.25) is 10.0 Å². The summed E-state index contributed by atoms with van der Waals surface area (Å²) in [7, 11) is -3.22. The first-order valence-electron chi connectivity index (χ1n) is 7.02. The summed E-state index contributed by atoms with van der Waals surface area (Å²) in [6, 6.07) is 7.75. The molecule has 2 rings (SSSR count). The van der Waals surface area contributed by atoms with Crippen molar-refractivity contribution in [3.63, 3.8) is 0 Å². The summed E-state index contributed by atoms with van der Waals surface area (Å²) in [4.78, 5) is 0. The van der Waals surface area contributed by atoms with Crippen molar-refractivity contribution < 1.29 is 8.42 Å². The molecule has 1 aliphatic rings. The Bertz CT molecular complexity index is 528. The zero-order valence-corrected chi connectivity index (χ0v) is 12.6. The zero-order valence-electron chi connectivity index (χ0n) is 11.8. The van der Waals surface area contributed by atoms with Crippen molar-refractivity contribution in [1.82, 2.24) is 0 Å². The molecule has 0 bridgehead atoms. The van der Waals surface area contributed by atoms with Gasteiger partial charge in [-0.05, 0) is 49.6 Å². The summed E-state index contributed by atoms with van der Waals surface area (Å²) in [5, 5.41) is 3.51. The molecular formula is C14H23N3O2S. The Balaban J connectivity index is 1.99. The van der Waals surface area contributed by atoms with Crippen molar-refractivity contribution in [3.8, 4) is 0 Å². The number of anilines is 2. The van der Waals surface area contributed by atoms with E-state index in [1.165, 1.54) is 19.3 Å². The molecule has 0 saturated heterocycles. The smallest absolute Gasteiger partial charge is 0.229 e. The Hall–Kier alpha value is -1.27. The molecule has 0 amide bonds. The summed E-state index contributed by atoms with van der Waals surface area (Å²) >= 11 is 0. The minimum atomic E-state index is -3.22. The van der Waals surface area contributed by atoms with Crippen molar-refractivity contribution >= 4 is 21.4 Å². The SMILES string of the molecule is CS(=O)(=O)Nc1ccc(NC2CCCCC2CN)cc1. The van der Waals surface area contributed by atoms with Crippen LogP contribution >= 0.6 is 0 Å². The van der Waals surface area contributed by atoms with E-state index in [0.717, 1.165) is 18.4 Å². The number of benzene rings is 1. The highest BCUT2D eigenvalue weighted by atomic mass is 32.2. The lowest BCUT2D eigenvalue weighted by Crippen LogP contribution is -2.36. The van der Waals surface area contributed by atoms with Gasteiger partial charge in [0.25, 0.3) is 0 Å². The molecule has 20 heavy (non-hydrogen) atoms. The molecule has 0 aromatic heterocycles. The Kier molecular flexibility index (Phi) is 4.88. The van der Waals surface area contributed by atoms with E-state index in [2.05, 4.69) is 10.0 Å². The number of hydrogen-bond acceptors (Lipinski definition) is 4. The number of nitrogens with two attached hydrogens (primary N) is 1. The molecule has 2 unspecified atom stereocenters. The van der Waals surface area contributed by atoms with Gasteiger partial charge in [-0.1, -0.05) is 12.8 Å². The van der Waals surface area contributed by atoms with Crippen molar-refractivity contribution in [3.05, 3.63) is 24.3 Å². The molecule has 0 heterocycles. The molecule has 1 aromatic rings. The summed E-state index contributed by atoms with van der Waals surface area (Å²) in [5.41, 5.74) is 7.41. The molecule has 112 valence electrons. The average molecular weight is 297 g/mol. The Morgan fingerprint density at radius 1 is 1.15 bits per heavy atom. The van der Waals surface area contributed by atoms with E-state index in [1.54, 1.807) is 12.1 Å². The third-order valence-electron chi connectivity index (χ3n) is 3.75. The van der Waals surface area contributed by atoms with Crippen LogP contribution in [0.1, 0.15) is 25.7 Å². The molecule has 2 atom stereocenters. The van der Waals surface area contributed by atoms with Crippen LogP contribution in [-0.4, -0.2) is 27.3 Å². The van der Waals surface area contributed by atoms with E-state index in [0.29, 0.717) is 24.2 Å². The number of hydrogen-bond donors (Lipinski definition) is 3. The van der Waals surface area contributed by atoms with Crippen LogP contribution in [0.3, 0.4) is 0 Å². The largest absolute Gasteiger partial charge is 0.382 e. The van der Waals surface area contributed by atoms with Crippen molar-refractivity contribution in [1.29, 1.82) is 0 Å². The maximum absolute atomic E-state index is 11.1. The average Bonchev–Trinajstić information content (AvgIpc) is 2.40. The molecule has 1 fully saturated rings. The Labute approximate surface area is 121 Å². The molecule has 5 nitrogen and oxygen atoms in total. The van der Waals surface area contributed by atoms with Crippen molar-refractivity contribution in [2.45, 2.75) is 31.7 Å². The van der Waals surface area contributed by atoms with Crippen LogP contribution in [0.25, 0.3) is 0 Å². The quantitative estimate of drug-likeness (QED) is 0.776. The van der Waals surface area contributed by atoms with Gasteiger partial charge in [0.05, 0.1) is 6.26 Å². The number of nitrogens with one attached hydrogen (secondary N) is 2. The lowest BCUT2D eigenvalue weighted by atomic mass is 9.84. The monoisotopic (exact) mass is 297 g/mol. The molecule has 0 spiro atoms. The van der Waals surface area contributed by atoms with Gasteiger partial charge < -0.3 is 11.1 Å². The zero-order chi connectivity index (χ0) is 14.6. The normalized spacial score (nSPS) is 23.3. The standard InChI is InChI=1S/C14H23N3O2S/c1-20(18,19)17-13-8-6-12(7-9-13)16-14-5-3-2-4-11(14)10-15/h6-9,11,14,16-17H,2-5,10,15H2,1H3. The lowest BCUT2D eigenvalue weighted by molar-refractivity contribution is 0.332. The molecule has 1 aliphatic carbocycles. The van der Waals surface area contributed by atoms with E-state index in [1.807, 2.05) is 12.1 Å². The van der Waals surface area contributed by atoms with Crippen molar-refractivity contribution in [2.75, 3.05) is 22.8 Å². The predicted octanol–water partition coefficient (Wildman–Crippen LogP) is 1.99. The maximum atomic E-state index is 11.1. The lowest BCUT2D eigenvalue weighted by Gasteiger charge is -2.32. The van der Waals surface area contributed by atoms with E-state index >= 15 is 0 Å². The van der Waals surface area contributed by atoms with Crippen molar-refractivity contribution in [2.24, 2.45) is 11.7 Å². The van der Waals surface area contributed by atoms with Crippen LogP contribution < -0.4 is 15.8 Å². The fourth-order valence-corrected chi connectivity index (χ4v) is 3.31. The first kappa shape index (κ1) is 15.1. The summed E-state index contributed by atoms with van der Waals surface area (Å²) in [6.45, 7) is 0.714. The number of sulfonamides is 1.